The van der Waals surface area contributed by atoms with Crippen LogP contribution in [-0.4, -0.2) is 50.8 Å². The SMILES string of the molecule is CN=C(NCCCCSC)NCCOC1CCCCCC1. The summed E-state index contributed by atoms with van der Waals surface area (Å²) in [6.07, 6.45) is 13.0. The molecule has 0 aromatic heterocycles. The molecular formula is C16H33N3OS. The molecule has 2 N–H and O–H groups in total. The average Bonchev–Trinajstić information content (AvgIpc) is 2.78. The lowest BCUT2D eigenvalue weighted by molar-refractivity contribution is 0.0468. The van der Waals surface area contributed by atoms with E-state index in [-0.39, 0.29) is 0 Å². The topological polar surface area (TPSA) is 45.7 Å². The lowest BCUT2D eigenvalue weighted by atomic mass is 10.1. The molecule has 1 aliphatic rings. The Morgan fingerprint density at radius 2 is 1.81 bits per heavy atom. The molecule has 1 aliphatic carbocycles. The first-order valence-electron chi connectivity index (χ1n) is 8.42. The normalized spacial score (nSPS) is 17.5. The number of nitrogens with zero attached hydrogens (tertiary/aromatic N) is 1. The minimum atomic E-state index is 0.482. The summed E-state index contributed by atoms with van der Waals surface area (Å²) < 4.78 is 5.97. The van der Waals surface area contributed by atoms with Crippen LogP contribution in [0.4, 0.5) is 0 Å². The van der Waals surface area contributed by atoms with Crippen molar-refractivity contribution in [2.75, 3.05) is 38.8 Å². The Morgan fingerprint density at radius 1 is 1.10 bits per heavy atom. The van der Waals surface area contributed by atoms with Crippen molar-refractivity contribution in [2.24, 2.45) is 4.99 Å². The summed E-state index contributed by atoms with van der Waals surface area (Å²) in [5, 5.41) is 6.68. The Bertz CT molecular complexity index is 266. The van der Waals surface area contributed by atoms with Crippen molar-refractivity contribution in [1.82, 2.24) is 10.6 Å². The van der Waals surface area contributed by atoms with Gasteiger partial charge in [-0.05, 0) is 37.7 Å². The Kier molecular flexibility index (Phi) is 11.8. The smallest absolute Gasteiger partial charge is 0.191 e. The van der Waals surface area contributed by atoms with Gasteiger partial charge in [0.2, 0.25) is 0 Å². The van der Waals surface area contributed by atoms with Crippen molar-refractivity contribution >= 4 is 17.7 Å². The van der Waals surface area contributed by atoms with E-state index in [4.69, 9.17) is 4.74 Å². The van der Waals surface area contributed by atoms with Gasteiger partial charge in [0.15, 0.2) is 5.96 Å². The second kappa shape index (κ2) is 13.3. The van der Waals surface area contributed by atoms with Crippen LogP contribution in [0.2, 0.25) is 0 Å². The van der Waals surface area contributed by atoms with Crippen LogP contribution in [0.15, 0.2) is 4.99 Å². The highest BCUT2D eigenvalue weighted by Gasteiger charge is 2.11. The summed E-state index contributed by atoms with van der Waals surface area (Å²) in [5.74, 6) is 2.13. The maximum Gasteiger partial charge on any atom is 0.191 e. The zero-order chi connectivity index (χ0) is 15.2. The molecule has 1 fully saturated rings. The zero-order valence-corrected chi connectivity index (χ0v) is 14.6. The summed E-state index contributed by atoms with van der Waals surface area (Å²) in [7, 11) is 1.82. The largest absolute Gasteiger partial charge is 0.376 e. The number of unbranched alkanes of at least 4 members (excludes halogenated alkanes) is 1. The predicted molar refractivity (Wildman–Crippen MR) is 94.4 cm³/mol. The van der Waals surface area contributed by atoms with Crippen LogP contribution in [-0.2, 0) is 4.74 Å². The summed E-state index contributed by atoms with van der Waals surface area (Å²) >= 11 is 1.91. The van der Waals surface area contributed by atoms with Gasteiger partial charge >= 0.3 is 0 Å². The van der Waals surface area contributed by atoms with Crippen LogP contribution in [0.1, 0.15) is 51.4 Å². The standard InChI is InChI=1S/C16H33N3OS/c1-17-16(18-11-7-8-14-21-2)19-12-13-20-15-9-5-3-4-6-10-15/h15H,3-14H2,1-2H3,(H2,17,18,19). The van der Waals surface area contributed by atoms with Crippen LogP contribution in [0.25, 0.3) is 0 Å². The molecule has 21 heavy (non-hydrogen) atoms. The summed E-state index contributed by atoms with van der Waals surface area (Å²) in [6.45, 7) is 2.60. The molecule has 0 radical (unpaired) electrons. The van der Waals surface area contributed by atoms with Gasteiger partial charge in [0.1, 0.15) is 0 Å². The van der Waals surface area contributed by atoms with Crippen LogP contribution in [0.3, 0.4) is 0 Å². The van der Waals surface area contributed by atoms with Gasteiger partial charge < -0.3 is 15.4 Å². The van der Waals surface area contributed by atoms with E-state index >= 15 is 0 Å². The van der Waals surface area contributed by atoms with Crippen LogP contribution >= 0.6 is 11.8 Å². The minimum Gasteiger partial charge on any atom is -0.376 e. The fourth-order valence-electron chi connectivity index (χ4n) is 2.60. The number of thioether (sulfide) groups is 1. The van der Waals surface area contributed by atoms with Gasteiger partial charge in [-0.1, -0.05) is 25.7 Å². The van der Waals surface area contributed by atoms with Gasteiger partial charge in [0.25, 0.3) is 0 Å². The molecule has 1 saturated carbocycles. The van der Waals surface area contributed by atoms with Crippen LogP contribution in [0, 0.1) is 0 Å². The van der Waals surface area contributed by atoms with Crippen molar-refractivity contribution < 1.29 is 4.74 Å². The molecular weight excluding hydrogens is 282 g/mol. The van der Waals surface area contributed by atoms with E-state index in [1.807, 2.05) is 18.8 Å². The maximum absolute atomic E-state index is 5.97. The average molecular weight is 316 g/mol. The van der Waals surface area contributed by atoms with E-state index in [9.17, 15) is 0 Å². The first-order chi connectivity index (χ1) is 10.4. The van der Waals surface area contributed by atoms with E-state index in [1.54, 1.807) is 0 Å². The van der Waals surface area contributed by atoms with Crippen molar-refractivity contribution in [1.29, 1.82) is 0 Å². The molecule has 0 aromatic carbocycles. The van der Waals surface area contributed by atoms with Crippen molar-refractivity contribution in [3.63, 3.8) is 0 Å². The van der Waals surface area contributed by atoms with E-state index in [2.05, 4.69) is 21.9 Å². The molecule has 1 rings (SSSR count). The third kappa shape index (κ3) is 10.0. The number of ether oxygens (including phenoxy) is 1. The Labute approximate surface area is 134 Å². The number of nitrogens with one attached hydrogen (secondary N) is 2. The lowest BCUT2D eigenvalue weighted by Gasteiger charge is -2.16. The van der Waals surface area contributed by atoms with Gasteiger partial charge in [-0.3, -0.25) is 4.99 Å². The molecule has 0 unspecified atom stereocenters. The molecule has 0 aliphatic heterocycles. The van der Waals surface area contributed by atoms with Gasteiger partial charge in [-0.25, -0.2) is 0 Å². The summed E-state index contributed by atoms with van der Waals surface area (Å²) in [5.41, 5.74) is 0. The molecule has 124 valence electrons. The fraction of sp³-hybridized carbons (Fsp3) is 0.938. The first-order valence-corrected chi connectivity index (χ1v) is 9.81. The Balaban J connectivity index is 2.01. The molecule has 0 bridgehead atoms. The van der Waals surface area contributed by atoms with Crippen molar-refractivity contribution in [2.45, 2.75) is 57.5 Å². The molecule has 0 atom stereocenters. The fourth-order valence-corrected chi connectivity index (χ4v) is 3.10. The second-order valence-electron chi connectivity index (χ2n) is 5.61. The Hall–Kier alpha value is -0.420. The highest BCUT2D eigenvalue weighted by atomic mass is 32.2. The summed E-state index contributed by atoms with van der Waals surface area (Å²) in [6, 6.07) is 0. The van der Waals surface area contributed by atoms with E-state index in [0.29, 0.717) is 6.10 Å². The number of rotatable bonds is 9. The number of hydrogen-bond donors (Lipinski definition) is 2. The third-order valence-corrected chi connectivity index (χ3v) is 4.54. The number of guanidine groups is 1. The highest BCUT2D eigenvalue weighted by molar-refractivity contribution is 7.98. The molecule has 0 heterocycles. The van der Waals surface area contributed by atoms with E-state index in [0.717, 1.165) is 25.7 Å². The van der Waals surface area contributed by atoms with Gasteiger partial charge in [0, 0.05) is 20.1 Å². The molecule has 0 aromatic rings. The van der Waals surface area contributed by atoms with Crippen LogP contribution in [0.5, 0.6) is 0 Å². The van der Waals surface area contributed by atoms with Gasteiger partial charge in [-0.2, -0.15) is 11.8 Å². The van der Waals surface area contributed by atoms with Crippen molar-refractivity contribution in [3.8, 4) is 0 Å². The molecule has 0 saturated heterocycles. The molecule has 5 heteroatoms. The maximum atomic E-state index is 5.97. The zero-order valence-electron chi connectivity index (χ0n) is 13.8. The van der Waals surface area contributed by atoms with Gasteiger partial charge in [0.05, 0.1) is 12.7 Å². The minimum absolute atomic E-state index is 0.482. The second-order valence-corrected chi connectivity index (χ2v) is 6.60. The Morgan fingerprint density at radius 3 is 2.48 bits per heavy atom. The molecule has 4 nitrogen and oxygen atoms in total. The van der Waals surface area contributed by atoms with E-state index in [1.165, 1.54) is 57.1 Å². The molecule has 0 amide bonds. The molecule has 0 spiro atoms. The predicted octanol–water partition coefficient (Wildman–Crippen LogP) is 3.03. The van der Waals surface area contributed by atoms with Gasteiger partial charge in [-0.15, -0.1) is 0 Å². The quantitative estimate of drug-likeness (QED) is 0.297. The number of aliphatic imine (C=N–C) groups is 1. The lowest BCUT2D eigenvalue weighted by Crippen LogP contribution is -2.39. The van der Waals surface area contributed by atoms with Crippen LogP contribution < -0.4 is 10.6 Å². The number of hydrogen-bond acceptors (Lipinski definition) is 3. The highest BCUT2D eigenvalue weighted by Crippen LogP contribution is 2.19. The summed E-state index contributed by atoms with van der Waals surface area (Å²) in [4.78, 5) is 4.24. The third-order valence-electron chi connectivity index (χ3n) is 3.84. The van der Waals surface area contributed by atoms with E-state index < -0.39 is 0 Å². The van der Waals surface area contributed by atoms with Crippen molar-refractivity contribution in [3.05, 3.63) is 0 Å². The monoisotopic (exact) mass is 315 g/mol. The first kappa shape index (κ1) is 18.6.